The van der Waals surface area contributed by atoms with Crippen molar-refractivity contribution in [1.82, 2.24) is 10.2 Å². The summed E-state index contributed by atoms with van der Waals surface area (Å²) in [5, 5.41) is 3.33. The molecule has 2 fully saturated rings. The molecule has 1 aliphatic heterocycles. The molecule has 0 bridgehead atoms. The zero-order chi connectivity index (χ0) is 13.4. The smallest absolute Gasteiger partial charge is 0.226 e. The topological polar surface area (TPSA) is 32.3 Å². The minimum atomic E-state index is 0.204. The van der Waals surface area contributed by atoms with Crippen LogP contribution in [0.25, 0.3) is 0 Å². The van der Waals surface area contributed by atoms with Gasteiger partial charge >= 0.3 is 0 Å². The molecule has 0 aromatic heterocycles. The summed E-state index contributed by atoms with van der Waals surface area (Å²) in [5.41, 5.74) is 1.29. The molecular formula is C15H19BrN2O. The van der Waals surface area contributed by atoms with Gasteiger partial charge in [0.25, 0.3) is 0 Å². The first-order valence-corrected chi connectivity index (χ1v) is 7.73. The third-order valence-corrected chi connectivity index (χ3v) is 4.66. The lowest BCUT2D eigenvalue weighted by Crippen LogP contribution is -2.52. The standard InChI is InChI=1S/C15H19BrN2O/c1-10-9-17-5-6-18(10)15(19)14-8-13(14)11-3-2-4-12(16)7-11/h2-4,7,10,13-14,17H,5-6,8-9H2,1H3. The number of amides is 1. The second-order valence-electron chi connectivity index (χ2n) is 5.59. The van der Waals surface area contributed by atoms with Gasteiger partial charge in [-0.3, -0.25) is 4.79 Å². The van der Waals surface area contributed by atoms with Gasteiger partial charge in [0, 0.05) is 36.1 Å². The van der Waals surface area contributed by atoms with E-state index < -0.39 is 0 Å². The van der Waals surface area contributed by atoms with Crippen LogP contribution < -0.4 is 5.32 Å². The van der Waals surface area contributed by atoms with Gasteiger partial charge in [-0.25, -0.2) is 0 Å². The number of hydrogen-bond donors (Lipinski definition) is 1. The van der Waals surface area contributed by atoms with Gasteiger partial charge in [0.1, 0.15) is 0 Å². The maximum atomic E-state index is 12.5. The van der Waals surface area contributed by atoms with Crippen LogP contribution in [0.5, 0.6) is 0 Å². The van der Waals surface area contributed by atoms with Crippen molar-refractivity contribution in [3.63, 3.8) is 0 Å². The minimum Gasteiger partial charge on any atom is -0.337 e. The number of nitrogens with zero attached hydrogens (tertiary/aromatic N) is 1. The number of carbonyl (C=O) groups excluding carboxylic acids is 1. The van der Waals surface area contributed by atoms with E-state index in [0.717, 1.165) is 30.5 Å². The molecule has 1 heterocycles. The highest BCUT2D eigenvalue weighted by Gasteiger charge is 2.46. The molecule has 1 aromatic carbocycles. The Morgan fingerprint density at radius 2 is 2.32 bits per heavy atom. The van der Waals surface area contributed by atoms with Gasteiger partial charge < -0.3 is 10.2 Å². The van der Waals surface area contributed by atoms with Gasteiger partial charge in [0.2, 0.25) is 5.91 Å². The van der Waals surface area contributed by atoms with Crippen molar-refractivity contribution in [2.45, 2.75) is 25.3 Å². The molecular weight excluding hydrogens is 304 g/mol. The molecule has 0 spiro atoms. The third kappa shape index (κ3) is 2.70. The Labute approximate surface area is 122 Å². The Hall–Kier alpha value is -0.870. The summed E-state index contributed by atoms with van der Waals surface area (Å²) < 4.78 is 1.10. The lowest BCUT2D eigenvalue weighted by Gasteiger charge is -2.34. The van der Waals surface area contributed by atoms with E-state index in [4.69, 9.17) is 0 Å². The first-order chi connectivity index (χ1) is 9.16. The van der Waals surface area contributed by atoms with Crippen LogP contribution in [0.15, 0.2) is 28.7 Å². The summed E-state index contributed by atoms with van der Waals surface area (Å²) >= 11 is 3.50. The van der Waals surface area contributed by atoms with Crippen LogP contribution >= 0.6 is 15.9 Å². The molecule has 1 saturated carbocycles. The summed E-state index contributed by atoms with van der Waals surface area (Å²) in [6.07, 6.45) is 1.01. The maximum absolute atomic E-state index is 12.5. The van der Waals surface area contributed by atoms with Crippen LogP contribution in [0.2, 0.25) is 0 Å². The van der Waals surface area contributed by atoms with E-state index in [1.807, 2.05) is 12.1 Å². The van der Waals surface area contributed by atoms with Crippen molar-refractivity contribution in [3.8, 4) is 0 Å². The number of halogens is 1. The fourth-order valence-corrected chi connectivity index (χ4v) is 3.37. The Balaban J connectivity index is 1.67. The molecule has 102 valence electrons. The molecule has 0 radical (unpaired) electrons. The average molecular weight is 323 g/mol. The summed E-state index contributed by atoms with van der Waals surface area (Å²) in [6, 6.07) is 8.67. The number of hydrogen-bond acceptors (Lipinski definition) is 2. The second-order valence-corrected chi connectivity index (χ2v) is 6.50. The molecule has 1 amide bonds. The average Bonchev–Trinajstić information content (AvgIpc) is 3.19. The summed E-state index contributed by atoms with van der Waals surface area (Å²) in [7, 11) is 0. The summed E-state index contributed by atoms with van der Waals surface area (Å²) in [5.74, 6) is 0.973. The van der Waals surface area contributed by atoms with E-state index >= 15 is 0 Å². The monoisotopic (exact) mass is 322 g/mol. The Morgan fingerprint density at radius 3 is 3.05 bits per heavy atom. The van der Waals surface area contributed by atoms with Crippen LogP contribution in [-0.2, 0) is 4.79 Å². The number of benzene rings is 1. The van der Waals surface area contributed by atoms with Crippen LogP contribution in [0.3, 0.4) is 0 Å². The van der Waals surface area contributed by atoms with Crippen LogP contribution in [0.1, 0.15) is 24.8 Å². The van der Waals surface area contributed by atoms with E-state index in [1.54, 1.807) is 0 Å². The predicted octanol–water partition coefficient (Wildman–Crippen LogP) is 2.37. The van der Waals surface area contributed by atoms with Crippen LogP contribution in [0.4, 0.5) is 0 Å². The summed E-state index contributed by atoms with van der Waals surface area (Å²) in [4.78, 5) is 14.6. The van der Waals surface area contributed by atoms with E-state index in [2.05, 4.69) is 45.2 Å². The van der Waals surface area contributed by atoms with Crippen molar-refractivity contribution >= 4 is 21.8 Å². The number of piperazine rings is 1. The normalized spacial score (nSPS) is 30.2. The van der Waals surface area contributed by atoms with Crippen LogP contribution in [-0.4, -0.2) is 36.5 Å². The predicted molar refractivity (Wildman–Crippen MR) is 79.0 cm³/mol. The van der Waals surface area contributed by atoms with E-state index in [9.17, 15) is 4.79 Å². The molecule has 2 aliphatic rings. The van der Waals surface area contributed by atoms with Gasteiger partial charge in [-0.1, -0.05) is 28.1 Å². The zero-order valence-electron chi connectivity index (χ0n) is 11.1. The molecule has 1 N–H and O–H groups in total. The quantitative estimate of drug-likeness (QED) is 0.906. The van der Waals surface area contributed by atoms with Gasteiger partial charge in [-0.05, 0) is 37.0 Å². The summed E-state index contributed by atoms with van der Waals surface area (Å²) in [6.45, 7) is 4.81. The van der Waals surface area contributed by atoms with E-state index in [-0.39, 0.29) is 5.92 Å². The highest BCUT2D eigenvalue weighted by atomic mass is 79.9. The molecule has 3 nitrogen and oxygen atoms in total. The highest BCUT2D eigenvalue weighted by molar-refractivity contribution is 9.10. The molecule has 1 aromatic rings. The molecule has 3 unspecified atom stereocenters. The van der Waals surface area contributed by atoms with Crippen molar-refractivity contribution in [2.75, 3.05) is 19.6 Å². The molecule has 3 atom stereocenters. The Kier molecular flexibility index (Phi) is 3.63. The lowest BCUT2D eigenvalue weighted by molar-refractivity contribution is -0.135. The van der Waals surface area contributed by atoms with Crippen molar-refractivity contribution < 1.29 is 4.79 Å². The number of carbonyl (C=O) groups is 1. The van der Waals surface area contributed by atoms with E-state index in [0.29, 0.717) is 17.9 Å². The number of rotatable bonds is 2. The molecule has 19 heavy (non-hydrogen) atoms. The molecule has 3 rings (SSSR count). The van der Waals surface area contributed by atoms with Crippen molar-refractivity contribution in [2.24, 2.45) is 5.92 Å². The second kappa shape index (κ2) is 5.25. The van der Waals surface area contributed by atoms with E-state index in [1.165, 1.54) is 5.56 Å². The van der Waals surface area contributed by atoms with Gasteiger partial charge in [-0.15, -0.1) is 0 Å². The SMILES string of the molecule is CC1CNCCN1C(=O)C1CC1c1cccc(Br)c1. The molecule has 4 heteroatoms. The van der Waals surface area contributed by atoms with Gasteiger partial charge in [0.05, 0.1) is 0 Å². The third-order valence-electron chi connectivity index (χ3n) is 4.17. The number of nitrogens with one attached hydrogen (secondary N) is 1. The first kappa shape index (κ1) is 13.1. The molecule has 1 aliphatic carbocycles. The van der Waals surface area contributed by atoms with Crippen molar-refractivity contribution in [1.29, 1.82) is 0 Å². The van der Waals surface area contributed by atoms with Crippen molar-refractivity contribution in [3.05, 3.63) is 34.3 Å². The Bertz CT molecular complexity index is 491. The Morgan fingerprint density at radius 1 is 1.47 bits per heavy atom. The first-order valence-electron chi connectivity index (χ1n) is 6.93. The molecule has 1 saturated heterocycles. The van der Waals surface area contributed by atoms with Gasteiger partial charge in [0.15, 0.2) is 0 Å². The minimum absolute atomic E-state index is 0.204. The largest absolute Gasteiger partial charge is 0.337 e. The van der Waals surface area contributed by atoms with Gasteiger partial charge in [-0.2, -0.15) is 0 Å². The fraction of sp³-hybridized carbons (Fsp3) is 0.533. The highest BCUT2D eigenvalue weighted by Crippen LogP contribution is 2.49. The van der Waals surface area contributed by atoms with Crippen LogP contribution in [0, 0.1) is 5.92 Å². The zero-order valence-corrected chi connectivity index (χ0v) is 12.7. The maximum Gasteiger partial charge on any atom is 0.226 e. The fourth-order valence-electron chi connectivity index (χ4n) is 2.95. The lowest BCUT2D eigenvalue weighted by atomic mass is 10.1.